The highest BCUT2D eigenvalue weighted by Crippen LogP contribution is 2.44. The molecule has 12 heteroatoms. The van der Waals surface area contributed by atoms with E-state index in [0.717, 1.165) is 48.4 Å². The van der Waals surface area contributed by atoms with Gasteiger partial charge in [0.2, 0.25) is 0 Å². The predicted octanol–water partition coefficient (Wildman–Crippen LogP) is 10.3. The van der Waals surface area contributed by atoms with Gasteiger partial charge in [0.05, 0.1) is 11.1 Å². The number of hydrogen-bond donors (Lipinski definition) is 2. The number of amides is 2. The molecular weight excluding hydrogens is 988 g/mol. The summed E-state index contributed by atoms with van der Waals surface area (Å²) in [6.45, 7) is 0.494. The molecule has 4 rings (SSSR count). The summed E-state index contributed by atoms with van der Waals surface area (Å²) in [5, 5.41) is 9.17. The second-order valence-corrected chi connectivity index (χ2v) is 13.9. The summed E-state index contributed by atoms with van der Waals surface area (Å²) in [6, 6.07) is 11.4. The Morgan fingerprint density at radius 3 is 1.25 bits per heavy atom. The van der Waals surface area contributed by atoms with Crippen molar-refractivity contribution in [1.82, 2.24) is 10.6 Å². The molecule has 0 heterocycles. The van der Waals surface area contributed by atoms with Gasteiger partial charge in [0.1, 0.15) is 0 Å². The molecule has 0 atom stereocenters. The van der Waals surface area contributed by atoms with Gasteiger partial charge < -0.3 is 10.6 Å². The van der Waals surface area contributed by atoms with E-state index in [1.54, 1.807) is 0 Å². The van der Waals surface area contributed by atoms with Gasteiger partial charge in [-0.2, -0.15) is 0 Å². The molecule has 4 aromatic carbocycles. The van der Waals surface area contributed by atoms with E-state index in [0.29, 0.717) is 20.1 Å². The van der Waals surface area contributed by atoms with Crippen LogP contribution >= 0.6 is 127 Å². The molecule has 0 aromatic heterocycles. The smallest absolute Gasteiger partial charge is 0.253 e. The molecule has 36 heavy (non-hydrogen) atoms. The zero-order valence-corrected chi connectivity index (χ0v) is 30.4. The van der Waals surface area contributed by atoms with E-state index in [4.69, 9.17) is 0 Å². The van der Waals surface area contributed by atoms with Gasteiger partial charge in [0.15, 0.2) is 0 Å². The zero-order chi connectivity index (χ0) is 26.3. The summed E-state index contributed by atoms with van der Waals surface area (Å²) < 4.78 is 6.17. The maximum absolute atomic E-state index is 13.2. The van der Waals surface area contributed by atoms with Crippen LogP contribution in [-0.2, 0) is 0 Å². The van der Waals surface area contributed by atoms with Crippen molar-refractivity contribution in [3.05, 3.63) is 83.3 Å². The van der Waals surface area contributed by atoms with Crippen LogP contribution in [0.25, 0.3) is 21.5 Å². The van der Waals surface area contributed by atoms with Gasteiger partial charge in [-0.05, 0) is 118 Å². The number of benzene rings is 4. The van der Waals surface area contributed by atoms with Gasteiger partial charge in [0.25, 0.3) is 11.8 Å². The third kappa shape index (κ3) is 5.44. The van der Waals surface area contributed by atoms with Crippen molar-refractivity contribution < 1.29 is 9.59 Å². The van der Waals surface area contributed by atoms with E-state index in [1.807, 2.05) is 36.4 Å². The SMILES string of the molecule is O=C(NCCNC(=O)c1c(Br)c(Br)c(Br)c2c(Br)cccc12)c1c(Br)c(Br)c(Br)c2c(Br)cccc12. The fraction of sp³-hybridized carbons (Fsp3) is 0.0833. The Bertz CT molecular complexity index is 1460. The number of rotatable bonds is 5. The molecule has 0 aliphatic carbocycles. The quantitative estimate of drug-likeness (QED) is 0.155. The summed E-state index contributed by atoms with van der Waals surface area (Å²) in [4.78, 5) is 26.4. The highest BCUT2D eigenvalue weighted by atomic mass is 79.9. The third-order valence-electron chi connectivity index (χ3n) is 5.36. The van der Waals surface area contributed by atoms with Gasteiger partial charge in [-0.1, -0.05) is 56.1 Å². The first-order chi connectivity index (χ1) is 17.1. The number of hydrogen-bond acceptors (Lipinski definition) is 2. The van der Waals surface area contributed by atoms with Crippen molar-refractivity contribution in [1.29, 1.82) is 0 Å². The lowest BCUT2D eigenvalue weighted by atomic mass is 10.0. The second kappa shape index (κ2) is 12.1. The number of carbonyl (C=O) groups excluding carboxylic acids is 2. The summed E-state index contributed by atoms with van der Waals surface area (Å²) in [7, 11) is 0. The molecule has 0 radical (unpaired) electrons. The average Bonchev–Trinajstić information content (AvgIpc) is 2.84. The molecule has 0 spiro atoms. The third-order valence-corrected chi connectivity index (χ3v) is 13.6. The van der Waals surface area contributed by atoms with Crippen molar-refractivity contribution in [3.63, 3.8) is 0 Å². The Labute approximate surface area is 274 Å². The van der Waals surface area contributed by atoms with Crippen molar-refractivity contribution >= 4 is 161 Å². The minimum atomic E-state index is -0.255. The summed E-state index contributed by atoms with van der Waals surface area (Å²) in [5.74, 6) is -0.510. The average molecular weight is 1000 g/mol. The molecule has 4 aromatic rings. The van der Waals surface area contributed by atoms with E-state index in [-0.39, 0.29) is 24.9 Å². The van der Waals surface area contributed by atoms with Crippen LogP contribution in [0.1, 0.15) is 20.7 Å². The highest BCUT2D eigenvalue weighted by molar-refractivity contribution is 9.15. The van der Waals surface area contributed by atoms with Gasteiger partial charge in [-0.15, -0.1) is 0 Å². The predicted molar refractivity (Wildman–Crippen MR) is 174 cm³/mol. The number of nitrogens with one attached hydrogen (secondary N) is 2. The van der Waals surface area contributed by atoms with Gasteiger partial charge >= 0.3 is 0 Å². The molecule has 0 saturated carbocycles. The summed E-state index contributed by atoms with van der Waals surface area (Å²) in [5.41, 5.74) is 1.01. The molecule has 0 fully saturated rings. The molecule has 2 amide bonds. The van der Waals surface area contributed by atoms with Crippen LogP contribution in [0.3, 0.4) is 0 Å². The summed E-state index contributed by atoms with van der Waals surface area (Å²) >= 11 is 28.6. The minimum Gasteiger partial charge on any atom is -0.350 e. The summed E-state index contributed by atoms with van der Waals surface area (Å²) in [6.07, 6.45) is 0. The van der Waals surface area contributed by atoms with Gasteiger partial charge in [-0.25, -0.2) is 0 Å². The Balaban J connectivity index is 1.54. The van der Waals surface area contributed by atoms with E-state index >= 15 is 0 Å². The van der Waals surface area contributed by atoms with E-state index in [2.05, 4.69) is 138 Å². The molecule has 4 nitrogen and oxygen atoms in total. The Morgan fingerprint density at radius 2 is 0.889 bits per heavy atom. The van der Waals surface area contributed by atoms with Gasteiger partial charge in [-0.3, -0.25) is 9.59 Å². The van der Waals surface area contributed by atoms with Crippen LogP contribution in [0.5, 0.6) is 0 Å². The minimum absolute atomic E-state index is 0.247. The van der Waals surface area contributed by atoms with Crippen molar-refractivity contribution in [2.24, 2.45) is 0 Å². The number of fused-ring (bicyclic) bond motifs is 2. The molecule has 0 aliphatic rings. The Kier molecular flexibility index (Phi) is 9.84. The molecule has 186 valence electrons. The van der Waals surface area contributed by atoms with Crippen molar-refractivity contribution in [3.8, 4) is 0 Å². The highest BCUT2D eigenvalue weighted by Gasteiger charge is 2.23. The van der Waals surface area contributed by atoms with Crippen LogP contribution in [0.15, 0.2) is 72.2 Å². The zero-order valence-electron chi connectivity index (χ0n) is 17.7. The normalized spacial score (nSPS) is 11.2. The maximum Gasteiger partial charge on any atom is 0.253 e. The maximum atomic E-state index is 13.2. The second-order valence-electron chi connectivity index (χ2n) is 7.47. The lowest BCUT2D eigenvalue weighted by molar-refractivity contribution is 0.0928. The van der Waals surface area contributed by atoms with E-state index in [1.165, 1.54) is 0 Å². The fourth-order valence-electron chi connectivity index (χ4n) is 3.75. The molecule has 2 N–H and O–H groups in total. The van der Waals surface area contributed by atoms with Crippen LogP contribution in [0, 0.1) is 0 Å². The lowest BCUT2D eigenvalue weighted by Crippen LogP contribution is -2.35. The van der Waals surface area contributed by atoms with Crippen LogP contribution in [-0.4, -0.2) is 24.9 Å². The lowest BCUT2D eigenvalue weighted by Gasteiger charge is -2.16. The van der Waals surface area contributed by atoms with Crippen molar-refractivity contribution in [2.45, 2.75) is 0 Å². The Hall–Kier alpha value is 0.180. The van der Waals surface area contributed by atoms with E-state index in [9.17, 15) is 9.59 Å². The first-order valence-corrected chi connectivity index (χ1v) is 16.5. The molecular formula is C24H12Br8N2O2. The number of halogens is 8. The standard InChI is InChI=1S/C24H12Br8N2O2/c25-11-5-1-3-9-13(11)17(27)21(31)19(29)15(9)23(35)33-7-8-34-24(36)16-10-4-2-6-12(26)14(10)18(28)22(32)20(16)30/h1-6H,7-8H2,(H,33,35)(H,34,36). The Morgan fingerprint density at radius 1 is 0.528 bits per heavy atom. The van der Waals surface area contributed by atoms with E-state index < -0.39 is 0 Å². The number of carbonyl (C=O) groups is 2. The topological polar surface area (TPSA) is 58.2 Å². The fourth-order valence-corrected chi connectivity index (χ4v) is 9.17. The first-order valence-electron chi connectivity index (χ1n) is 10.1. The largest absolute Gasteiger partial charge is 0.350 e. The van der Waals surface area contributed by atoms with Crippen molar-refractivity contribution in [2.75, 3.05) is 13.1 Å². The molecule has 0 unspecified atom stereocenters. The monoisotopic (exact) mass is 991 g/mol. The first kappa shape index (κ1) is 29.2. The molecule has 0 aliphatic heterocycles. The molecule has 0 saturated heterocycles. The van der Waals surface area contributed by atoms with Crippen LogP contribution in [0.2, 0.25) is 0 Å². The van der Waals surface area contributed by atoms with Crippen LogP contribution in [0.4, 0.5) is 0 Å². The molecule has 0 bridgehead atoms. The van der Waals surface area contributed by atoms with Gasteiger partial charge in [0, 0.05) is 59.6 Å². The van der Waals surface area contributed by atoms with Crippen LogP contribution < -0.4 is 10.6 Å².